The van der Waals surface area contributed by atoms with Gasteiger partial charge in [-0.05, 0) is 12.8 Å². The van der Waals surface area contributed by atoms with Crippen LogP contribution in [0.1, 0.15) is 25.7 Å². The Hall–Kier alpha value is -0.870. The molecule has 0 amide bonds. The van der Waals surface area contributed by atoms with Crippen LogP contribution in [0.2, 0.25) is 0 Å². The molecule has 1 aromatic rings. The summed E-state index contributed by atoms with van der Waals surface area (Å²) in [6.07, 6.45) is 10.6. The summed E-state index contributed by atoms with van der Waals surface area (Å²) in [5, 5.41) is 9.99. The molecule has 3 atom stereocenters. The second-order valence-electron chi connectivity index (χ2n) is 5.03. The number of rotatable bonds is 4. The summed E-state index contributed by atoms with van der Waals surface area (Å²) in [5.74, 6) is 0. The summed E-state index contributed by atoms with van der Waals surface area (Å²) in [7, 11) is 0. The summed E-state index contributed by atoms with van der Waals surface area (Å²) in [5.41, 5.74) is 0. The summed E-state index contributed by atoms with van der Waals surface area (Å²) < 4.78 is 1.94. The van der Waals surface area contributed by atoms with Crippen molar-refractivity contribution in [2.45, 2.75) is 50.4 Å². The standard InChI is InChI=1S/C12H19N3O/c16-10(7-14-6-5-13-9-14)8-15-11-3-1-2-4-12(11)15/h5-6,9-12,16H,1-4,7-8H2. The van der Waals surface area contributed by atoms with Crippen LogP contribution in [0.3, 0.4) is 0 Å². The van der Waals surface area contributed by atoms with Crippen molar-refractivity contribution in [2.75, 3.05) is 6.54 Å². The van der Waals surface area contributed by atoms with Gasteiger partial charge in [-0.3, -0.25) is 4.90 Å². The Morgan fingerprint density at radius 3 is 2.62 bits per heavy atom. The smallest absolute Gasteiger partial charge is 0.0946 e. The predicted octanol–water partition coefficient (Wildman–Crippen LogP) is 0.871. The molecule has 1 aliphatic heterocycles. The first-order chi connectivity index (χ1) is 7.84. The molecule has 4 nitrogen and oxygen atoms in total. The number of nitrogens with zero attached hydrogens (tertiary/aromatic N) is 3. The van der Waals surface area contributed by atoms with E-state index in [4.69, 9.17) is 0 Å². The Kier molecular flexibility index (Phi) is 2.69. The van der Waals surface area contributed by atoms with Gasteiger partial charge in [0.15, 0.2) is 0 Å². The maximum absolute atomic E-state index is 9.99. The highest BCUT2D eigenvalue weighted by Crippen LogP contribution is 2.40. The van der Waals surface area contributed by atoms with Gasteiger partial charge in [0.1, 0.15) is 0 Å². The molecule has 0 radical (unpaired) electrons. The third-order valence-electron chi connectivity index (χ3n) is 3.86. The lowest BCUT2D eigenvalue weighted by Crippen LogP contribution is -2.25. The number of aliphatic hydroxyl groups is 1. The molecule has 0 aromatic carbocycles. The van der Waals surface area contributed by atoms with Crippen molar-refractivity contribution in [2.24, 2.45) is 0 Å². The monoisotopic (exact) mass is 221 g/mol. The molecule has 2 heterocycles. The van der Waals surface area contributed by atoms with Crippen LogP contribution in [0.25, 0.3) is 0 Å². The minimum atomic E-state index is -0.264. The second kappa shape index (κ2) is 4.18. The predicted molar refractivity (Wildman–Crippen MR) is 61.0 cm³/mol. The van der Waals surface area contributed by atoms with Crippen LogP contribution >= 0.6 is 0 Å². The molecule has 1 saturated heterocycles. The minimum absolute atomic E-state index is 0.264. The van der Waals surface area contributed by atoms with Crippen molar-refractivity contribution in [3.63, 3.8) is 0 Å². The molecule has 2 fully saturated rings. The van der Waals surface area contributed by atoms with Gasteiger partial charge in [-0.15, -0.1) is 0 Å². The fourth-order valence-corrected chi connectivity index (χ4v) is 3.03. The molecule has 88 valence electrons. The number of β-amino-alcohol motifs (C(OH)–C–C–N with tert-alkyl or cyclic N) is 1. The van der Waals surface area contributed by atoms with E-state index >= 15 is 0 Å². The molecule has 16 heavy (non-hydrogen) atoms. The van der Waals surface area contributed by atoms with E-state index in [1.54, 1.807) is 12.5 Å². The van der Waals surface area contributed by atoms with Gasteiger partial charge in [-0.2, -0.15) is 0 Å². The number of hydrogen-bond acceptors (Lipinski definition) is 3. The maximum atomic E-state index is 9.99. The highest BCUT2D eigenvalue weighted by Gasteiger charge is 2.48. The first kappa shape index (κ1) is 10.3. The van der Waals surface area contributed by atoms with E-state index in [1.165, 1.54) is 25.7 Å². The van der Waals surface area contributed by atoms with Crippen LogP contribution in [0.4, 0.5) is 0 Å². The lowest BCUT2D eigenvalue weighted by Gasteiger charge is -2.12. The molecule has 3 unspecified atom stereocenters. The fourth-order valence-electron chi connectivity index (χ4n) is 3.03. The van der Waals surface area contributed by atoms with Gasteiger partial charge in [0.05, 0.1) is 19.0 Å². The molecule has 1 N–H and O–H groups in total. The molecule has 2 aliphatic rings. The fraction of sp³-hybridized carbons (Fsp3) is 0.750. The van der Waals surface area contributed by atoms with Gasteiger partial charge in [0.2, 0.25) is 0 Å². The Labute approximate surface area is 95.9 Å². The van der Waals surface area contributed by atoms with Crippen molar-refractivity contribution in [1.82, 2.24) is 14.5 Å². The van der Waals surface area contributed by atoms with Crippen molar-refractivity contribution in [3.05, 3.63) is 18.7 Å². The van der Waals surface area contributed by atoms with Crippen molar-refractivity contribution < 1.29 is 5.11 Å². The van der Waals surface area contributed by atoms with Gasteiger partial charge in [-0.25, -0.2) is 4.98 Å². The number of aromatic nitrogens is 2. The Morgan fingerprint density at radius 2 is 2.00 bits per heavy atom. The Balaban J connectivity index is 1.48. The number of fused-ring (bicyclic) bond motifs is 1. The topological polar surface area (TPSA) is 41.1 Å². The van der Waals surface area contributed by atoms with E-state index in [1.807, 2.05) is 10.8 Å². The average molecular weight is 221 g/mol. The molecule has 0 bridgehead atoms. The largest absolute Gasteiger partial charge is 0.390 e. The van der Waals surface area contributed by atoms with Gasteiger partial charge in [-0.1, -0.05) is 12.8 Å². The molecule has 3 rings (SSSR count). The zero-order valence-corrected chi connectivity index (χ0v) is 9.50. The van der Waals surface area contributed by atoms with E-state index in [0.29, 0.717) is 6.54 Å². The van der Waals surface area contributed by atoms with Crippen LogP contribution in [0.15, 0.2) is 18.7 Å². The Morgan fingerprint density at radius 1 is 1.25 bits per heavy atom. The molecule has 0 spiro atoms. The Bertz CT molecular complexity index is 326. The van der Waals surface area contributed by atoms with E-state index in [0.717, 1.165) is 18.6 Å². The van der Waals surface area contributed by atoms with Crippen LogP contribution < -0.4 is 0 Å². The van der Waals surface area contributed by atoms with E-state index in [9.17, 15) is 5.11 Å². The van der Waals surface area contributed by atoms with Crippen molar-refractivity contribution >= 4 is 0 Å². The third kappa shape index (κ3) is 1.99. The quantitative estimate of drug-likeness (QED) is 0.767. The van der Waals surface area contributed by atoms with E-state index in [2.05, 4.69) is 9.88 Å². The highest BCUT2D eigenvalue weighted by atomic mass is 16.3. The number of aliphatic hydroxyl groups excluding tert-OH is 1. The normalized spacial score (nSPS) is 34.4. The van der Waals surface area contributed by atoms with Crippen molar-refractivity contribution in [1.29, 1.82) is 0 Å². The molecule has 1 aliphatic carbocycles. The van der Waals surface area contributed by atoms with Crippen LogP contribution in [-0.2, 0) is 6.54 Å². The first-order valence-corrected chi connectivity index (χ1v) is 6.24. The van der Waals surface area contributed by atoms with Gasteiger partial charge >= 0.3 is 0 Å². The number of hydrogen-bond donors (Lipinski definition) is 1. The van der Waals surface area contributed by atoms with Crippen LogP contribution in [0, 0.1) is 0 Å². The van der Waals surface area contributed by atoms with Gasteiger partial charge < -0.3 is 9.67 Å². The number of imidazole rings is 1. The summed E-state index contributed by atoms with van der Waals surface area (Å²) in [4.78, 5) is 6.45. The van der Waals surface area contributed by atoms with E-state index < -0.39 is 0 Å². The van der Waals surface area contributed by atoms with Crippen molar-refractivity contribution in [3.8, 4) is 0 Å². The summed E-state index contributed by atoms with van der Waals surface area (Å²) >= 11 is 0. The average Bonchev–Trinajstić information content (AvgIpc) is 2.73. The maximum Gasteiger partial charge on any atom is 0.0946 e. The number of likely N-dealkylation sites (tertiary alicyclic amines) is 1. The minimum Gasteiger partial charge on any atom is -0.390 e. The SMILES string of the molecule is OC(CN1C2CCCCC21)Cn1ccnc1. The second-order valence-corrected chi connectivity index (χ2v) is 5.03. The molecule has 1 saturated carbocycles. The first-order valence-electron chi connectivity index (χ1n) is 6.24. The molecular weight excluding hydrogens is 202 g/mol. The highest BCUT2D eigenvalue weighted by molar-refractivity contribution is 5.04. The summed E-state index contributed by atoms with van der Waals surface area (Å²) in [6, 6.07) is 1.57. The van der Waals surface area contributed by atoms with Gasteiger partial charge in [0.25, 0.3) is 0 Å². The zero-order chi connectivity index (χ0) is 11.0. The summed E-state index contributed by atoms with van der Waals surface area (Å²) in [6.45, 7) is 1.49. The molecular formula is C12H19N3O. The van der Waals surface area contributed by atoms with E-state index in [-0.39, 0.29) is 6.10 Å². The van der Waals surface area contributed by atoms with Crippen LogP contribution in [0.5, 0.6) is 0 Å². The lowest BCUT2D eigenvalue weighted by atomic mass is 10.0. The zero-order valence-electron chi connectivity index (χ0n) is 9.50. The molecule has 1 aromatic heterocycles. The lowest BCUT2D eigenvalue weighted by molar-refractivity contribution is 0.129. The van der Waals surface area contributed by atoms with Crippen LogP contribution in [-0.4, -0.2) is 44.3 Å². The molecule has 4 heteroatoms. The third-order valence-corrected chi connectivity index (χ3v) is 3.86. The van der Waals surface area contributed by atoms with Gasteiger partial charge in [0, 0.05) is 31.0 Å².